The van der Waals surface area contributed by atoms with Crippen molar-refractivity contribution in [2.75, 3.05) is 26.3 Å². The molecule has 2 aliphatic rings. The van der Waals surface area contributed by atoms with Gasteiger partial charge < -0.3 is 9.47 Å². The van der Waals surface area contributed by atoms with Gasteiger partial charge in [-0.15, -0.1) is 5.10 Å². The van der Waals surface area contributed by atoms with Crippen LogP contribution in [0.4, 0.5) is 0 Å². The van der Waals surface area contributed by atoms with E-state index in [0.29, 0.717) is 6.42 Å². The summed E-state index contributed by atoms with van der Waals surface area (Å²) in [4.78, 5) is 14.8. The van der Waals surface area contributed by atoms with Crippen molar-refractivity contribution in [1.29, 1.82) is 0 Å². The average Bonchev–Trinajstić information content (AvgIpc) is 3.18. The lowest BCUT2D eigenvalue weighted by Crippen LogP contribution is -2.35. The number of ether oxygens (including phenoxy) is 2. The molecule has 150 valence electrons. The Labute approximate surface area is 165 Å². The third kappa shape index (κ3) is 4.97. The minimum atomic E-state index is -0.170. The van der Waals surface area contributed by atoms with Crippen molar-refractivity contribution in [2.45, 2.75) is 50.8 Å². The van der Waals surface area contributed by atoms with E-state index in [1.165, 1.54) is 0 Å². The largest absolute Gasteiger partial charge is 0.460 e. The summed E-state index contributed by atoms with van der Waals surface area (Å²) < 4.78 is 13.2. The molecule has 0 bridgehead atoms. The van der Waals surface area contributed by atoms with Crippen molar-refractivity contribution in [3.63, 3.8) is 0 Å². The third-order valence-corrected chi connectivity index (χ3v) is 5.53. The molecule has 2 heterocycles. The number of esters is 1. The molecule has 0 radical (unpaired) electrons. The van der Waals surface area contributed by atoms with E-state index >= 15 is 0 Å². The van der Waals surface area contributed by atoms with E-state index in [4.69, 9.17) is 9.47 Å². The normalized spacial score (nSPS) is 23.4. The van der Waals surface area contributed by atoms with Crippen LogP contribution in [0, 0.1) is 0 Å². The number of hydrogen-bond acceptors (Lipinski definition) is 6. The highest BCUT2D eigenvalue weighted by molar-refractivity contribution is 5.72. The van der Waals surface area contributed by atoms with Gasteiger partial charge in [-0.25, -0.2) is 4.68 Å². The number of aromatic nitrogens is 3. The SMILES string of the molecule is O=C(Cc1ccccc1)O[C@@H]1CCCC[C@H]1n1cc(CN2CCOCC2)nn1. The molecule has 1 saturated carbocycles. The van der Waals surface area contributed by atoms with Crippen molar-refractivity contribution in [2.24, 2.45) is 0 Å². The molecule has 1 aliphatic carbocycles. The number of morpholine rings is 1. The second-order valence-electron chi connectivity index (χ2n) is 7.62. The second kappa shape index (κ2) is 9.30. The van der Waals surface area contributed by atoms with Crippen molar-refractivity contribution in [3.05, 3.63) is 47.8 Å². The van der Waals surface area contributed by atoms with Gasteiger partial charge in [-0.05, 0) is 24.8 Å². The highest BCUT2D eigenvalue weighted by Crippen LogP contribution is 2.31. The second-order valence-corrected chi connectivity index (χ2v) is 7.62. The molecule has 1 saturated heterocycles. The monoisotopic (exact) mass is 384 g/mol. The van der Waals surface area contributed by atoms with E-state index in [1.807, 2.05) is 41.2 Å². The van der Waals surface area contributed by atoms with Gasteiger partial charge in [-0.3, -0.25) is 9.69 Å². The highest BCUT2D eigenvalue weighted by atomic mass is 16.5. The Morgan fingerprint density at radius 3 is 2.75 bits per heavy atom. The standard InChI is InChI=1S/C21H28N4O3/c26-21(14-17-6-2-1-3-7-17)28-20-9-5-4-8-19(20)25-16-18(22-23-25)15-24-10-12-27-13-11-24/h1-3,6-7,16,19-20H,4-5,8-15H2/t19-,20-/m1/s1. The molecule has 7 heteroatoms. The molecule has 2 aromatic rings. The van der Waals surface area contributed by atoms with Crippen LogP contribution >= 0.6 is 0 Å². The maximum Gasteiger partial charge on any atom is 0.310 e. The zero-order chi connectivity index (χ0) is 19.2. The van der Waals surface area contributed by atoms with Gasteiger partial charge in [0.2, 0.25) is 0 Å². The smallest absolute Gasteiger partial charge is 0.310 e. The van der Waals surface area contributed by atoms with Gasteiger partial charge in [0, 0.05) is 19.6 Å². The van der Waals surface area contributed by atoms with E-state index in [1.54, 1.807) is 0 Å². The molecule has 4 rings (SSSR count). The van der Waals surface area contributed by atoms with Gasteiger partial charge >= 0.3 is 5.97 Å². The topological polar surface area (TPSA) is 69.5 Å². The number of nitrogens with zero attached hydrogens (tertiary/aromatic N) is 4. The van der Waals surface area contributed by atoms with Crippen LogP contribution in [0.15, 0.2) is 36.5 Å². The molecule has 1 aromatic carbocycles. The number of benzene rings is 1. The summed E-state index contributed by atoms with van der Waals surface area (Å²) in [7, 11) is 0. The molecule has 1 aliphatic heterocycles. The molecule has 7 nitrogen and oxygen atoms in total. The summed E-state index contributed by atoms with van der Waals surface area (Å²) in [5.41, 5.74) is 1.94. The number of carbonyl (C=O) groups is 1. The Balaban J connectivity index is 1.37. The molecule has 2 atom stereocenters. The fourth-order valence-electron chi connectivity index (χ4n) is 4.03. The van der Waals surface area contributed by atoms with E-state index in [2.05, 4.69) is 15.2 Å². The molecule has 0 N–H and O–H groups in total. The van der Waals surface area contributed by atoms with Crippen molar-refractivity contribution < 1.29 is 14.3 Å². The maximum atomic E-state index is 12.4. The lowest BCUT2D eigenvalue weighted by atomic mass is 9.92. The van der Waals surface area contributed by atoms with Crippen LogP contribution in [0.1, 0.15) is 43.0 Å². The van der Waals surface area contributed by atoms with E-state index < -0.39 is 0 Å². The highest BCUT2D eigenvalue weighted by Gasteiger charge is 2.31. The first-order chi connectivity index (χ1) is 13.8. The Hall–Kier alpha value is -2.25. The number of hydrogen-bond donors (Lipinski definition) is 0. The summed E-state index contributed by atoms with van der Waals surface area (Å²) in [5, 5.41) is 8.72. The van der Waals surface area contributed by atoms with Crippen LogP contribution in [-0.4, -0.2) is 58.3 Å². The van der Waals surface area contributed by atoms with Crippen molar-refractivity contribution in [3.8, 4) is 0 Å². The molecule has 2 fully saturated rings. The van der Waals surface area contributed by atoms with Gasteiger partial charge in [0.05, 0.1) is 37.6 Å². The van der Waals surface area contributed by atoms with Crippen LogP contribution in [0.5, 0.6) is 0 Å². The van der Waals surface area contributed by atoms with Gasteiger partial charge in [-0.2, -0.15) is 0 Å². The number of rotatable bonds is 6. The molecule has 1 aromatic heterocycles. The summed E-state index contributed by atoms with van der Waals surface area (Å²) in [6, 6.07) is 9.81. The van der Waals surface area contributed by atoms with Crippen molar-refractivity contribution in [1.82, 2.24) is 19.9 Å². The van der Waals surface area contributed by atoms with Crippen LogP contribution in [0.2, 0.25) is 0 Å². The zero-order valence-corrected chi connectivity index (χ0v) is 16.2. The Morgan fingerprint density at radius 1 is 1.14 bits per heavy atom. The van der Waals surface area contributed by atoms with Crippen LogP contribution in [-0.2, 0) is 27.2 Å². The van der Waals surface area contributed by atoms with E-state index in [0.717, 1.165) is 69.8 Å². The summed E-state index contributed by atoms with van der Waals surface area (Å²) >= 11 is 0. The van der Waals surface area contributed by atoms with Crippen LogP contribution < -0.4 is 0 Å². The lowest BCUT2D eigenvalue weighted by Gasteiger charge is -2.31. The molecular formula is C21H28N4O3. The molecule has 0 unspecified atom stereocenters. The van der Waals surface area contributed by atoms with Crippen molar-refractivity contribution >= 4 is 5.97 Å². The lowest BCUT2D eigenvalue weighted by molar-refractivity contribution is -0.152. The van der Waals surface area contributed by atoms with Gasteiger partial charge in [-0.1, -0.05) is 42.0 Å². The first kappa shape index (κ1) is 19.1. The Bertz CT molecular complexity index is 758. The van der Waals surface area contributed by atoms with E-state index in [9.17, 15) is 4.79 Å². The van der Waals surface area contributed by atoms with Gasteiger partial charge in [0.15, 0.2) is 0 Å². The number of carbonyl (C=O) groups excluding carboxylic acids is 1. The molecular weight excluding hydrogens is 356 g/mol. The quantitative estimate of drug-likeness (QED) is 0.713. The summed E-state index contributed by atoms with van der Waals surface area (Å²) in [6.45, 7) is 4.19. The fraction of sp³-hybridized carbons (Fsp3) is 0.571. The van der Waals surface area contributed by atoms with E-state index in [-0.39, 0.29) is 18.1 Å². The Kier molecular flexibility index (Phi) is 6.34. The minimum absolute atomic E-state index is 0.0689. The Morgan fingerprint density at radius 2 is 1.93 bits per heavy atom. The first-order valence-electron chi connectivity index (χ1n) is 10.2. The van der Waals surface area contributed by atoms with Crippen LogP contribution in [0.3, 0.4) is 0 Å². The fourth-order valence-corrected chi connectivity index (χ4v) is 4.03. The summed E-state index contributed by atoms with van der Waals surface area (Å²) in [5.74, 6) is -0.170. The molecule has 28 heavy (non-hydrogen) atoms. The first-order valence-corrected chi connectivity index (χ1v) is 10.2. The maximum absolute atomic E-state index is 12.4. The van der Waals surface area contributed by atoms with Gasteiger partial charge in [0.1, 0.15) is 6.10 Å². The van der Waals surface area contributed by atoms with Gasteiger partial charge in [0.25, 0.3) is 0 Å². The summed E-state index contributed by atoms with van der Waals surface area (Å²) in [6.07, 6.45) is 6.23. The minimum Gasteiger partial charge on any atom is -0.460 e. The van der Waals surface area contributed by atoms with Crippen LogP contribution in [0.25, 0.3) is 0 Å². The molecule has 0 spiro atoms. The predicted molar refractivity (Wildman–Crippen MR) is 104 cm³/mol. The average molecular weight is 384 g/mol. The third-order valence-electron chi connectivity index (χ3n) is 5.53. The predicted octanol–water partition coefficient (Wildman–Crippen LogP) is 2.38. The molecule has 0 amide bonds. The zero-order valence-electron chi connectivity index (χ0n) is 16.2.